The van der Waals surface area contributed by atoms with Crippen LogP contribution in [0.1, 0.15) is 28.8 Å². The van der Waals surface area contributed by atoms with Crippen molar-refractivity contribution >= 4 is 17.8 Å². The molecule has 0 bridgehead atoms. The Morgan fingerprint density at radius 2 is 1.85 bits per heavy atom. The molecule has 7 heteroatoms. The van der Waals surface area contributed by atoms with E-state index >= 15 is 0 Å². The fourth-order valence-corrected chi connectivity index (χ4v) is 2.98. The van der Waals surface area contributed by atoms with Crippen molar-refractivity contribution in [3.8, 4) is 0 Å². The number of aromatic nitrogens is 1. The van der Waals surface area contributed by atoms with Crippen LogP contribution in [-0.2, 0) is 6.54 Å². The number of amides is 2. The van der Waals surface area contributed by atoms with E-state index in [1.54, 1.807) is 18.3 Å². The van der Waals surface area contributed by atoms with Crippen LogP contribution in [0.15, 0.2) is 48.7 Å². The first kappa shape index (κ1) is 17.7. The quantitative estimate of drug-likeness (QED) is 0.765. The molecule has 1 aromatic heterocycles. The third-order valence-corrected chi connectivity index (χ3v) is 4.46. The molecule has 1 saturated heterocycles. The highest BCUT2D eigenvalue weighted by Crippen LogP contribution is 2.17. The number of anilines is 1. The zero-order chi connectivity index (χ0) is 18.4. The Labute approximate surface area is 152 Å². The molecule has 0 saturated carbocycles. The number of nitrogens with one attached hydrogen (secondary N) is 2. The number of carbonyl (C=O) groups is 2. The van der Waals surface area contributed by atoms with Gasteiger partial charge in [0.15, 0.2) is 0 Å². The van der Waals surface area contributed by atoms with Crippen LogP contribution < -0.4 is 15.5 Å². The van der Waals surface area contributed by atoms with E-state index in [2.05, 4.69) is 20.5 Å². The maximum absolute atomic E-state index is 12.1. The molecule has 1 aromatic carbocycles. The van der Waals surface area contributed by atoms with Crippen molar-refractivity contribution in [2.24, 2.45) is 0 Å². The monoisotopic (exact) mass is 354 g/mol. The third-order valence-electron chi connectivity index (χ3n) is 4.46. The number of hydrogen-bond donors (Lipinski definition) is 3. The summed E-state index contributed by atoms with van der Waals surface area (Å²) in [6.07, 6.45) is 3.53. The Balaban J connectivity index is 1.41. The molecule has 0 spiro atoms. The van der Waals surface area contributed by atoms with Gasteiger partial charge in [-0.1, -0.05) is 18.2 Å². The number of nitrogens with zero attached hydrogens (tertiary/aromatic N) is 2. The van der Waals surface area contributed by atoms with Crippen molar-refractivity contribution in [1.29, 1.82) is 0 Å². The summed E-state index contributed by atoms with van der Waals surface area (Å²) in [7, 11) is 0. The minimum absolute atomic E-state index is 0.143. The van der Waals surface area contributed by atoms with Gasteiger partial charge in [0.05, 0.1) is 5.56 Å². The summed E-state index contributed by atoms with van der Waals surface area (Å²) in [6.45, 7) is 2.08. The first-order valence-electron chi connectivity index (χ1n) is 8.64. The number of aromatic carboxylic acids is 1. The summed E-state index contributed by atoms with van der Waals surface area (Å²) < 4.78 is 0. The second kappa shape index (κ2) is 8.33. The predicted octanol–water partition coefficient (Wildman–Crippen LogP) is 2.25. The summed E-state index contributed by atoms with van der Waals surface area (Å²) in [5.41, 5.74) is 1.09. The molecule has 7 nitrogen and oxygen atoms in total. The van der Waals surface area contributed by atoms with Gasteiger partial charge in [0, 0.05) is 31.9 Å². The van der Waals surface area contributed by atoms with Crippen LogP contribution in [0, 0.1) is 0 Å². The summed E-state index contributed by atoms with van der Waals surface area (Å²) in [6, 6.07) is 12.3. The second-order valence-electron chi connectivity index (χ2n) is 6.28. The van der Waals surface area contributed by atoms with Gasteiger partial charge in [-0.3, -0.25) is 0 Å². The maximum atomic E-state index is 12.1. The van der Waals surface area contributed by atoms with Gasteiger partial charge < -0.3 is 20.6 Å². The highest BCUT2D eigenvalue weighted by molar-refractivity contribution is 5.87. The first-order valence-corrected chi connectivity index (χ1v) is 8.64. The average Bonchev–Trinajstić information content (AvgIpc) is 2.68. The lowest BCUT2D eigenvalue weighted by Gasteiger charge is -2.33. The lowest BCUT2D eigenvalue weighted by Crippen LogP contribution is -2.47. The molecular formula is C19H22N4O3. The molecule has 2 aromatic rings. The zero-order valence-electron chi connectivity index (χ0n) is 14.4. The van der Waals surface area contributed by atoms with E-state index in [0.717, 1.165) is 37.3 Å². The number of piperidine rings is 1. The number of hydrogen-bond acceptors (Lipinski definition) is 4. The highest BCUT2D eigenvalue weighted by Gasteiger charge is 2.21. The van der Waals surface area contributed by atoms with Crippen molar-refractivity contribution in [2.45, 2.75) is 25.4 Å². The van der Waals surface area contributed by atoms with Crippen LogP contribution in [0.5, 0.6) is 0 Å². The van der Waals surface area contributed by atoms with Crippen LogP contribution >= 0.6 is 0 Å². The highest BCUT2D eigenvalue weighted by atomic mass is 16.4. The fraction of sp³-hybridized carbons (Fsp3) is 0.316. The summed E-state index contributed by atoms with van der Waals surface area (Å²) >= 11 is 0. The van der Waals surface area contributed by atoms with Gasteiger partial charge in [-0.25, -0.2) is 14.6 Å². The molecule has 0 aliphatic carbocycles. The molecule has 0 atom stereocenters. The van der Waals surface area contributed by atoms with Gasteiger partial charge in [0.1, 0.15) is 5.82 Å². The molecule has 2 amide bonds. The van der Waals surface area contributed by atoms with E-state index in [9.17, 15) is 9.59 Å². The van der Waals surface area contributed by atoms with Crippen LogP contribution in [0.3, 0.4) is 0 Å². The minimum Gasteiger partial charge on any atom is -0.478 e. The number of urea groups is 1. The van der Waals surface area contributed by atoms with Crippen molar-refractivity contribution in [2.75, 3.05) is 18.0 Å². The molecule has 0 radical (unpaired) electrons. The molecule has 136 valence electrons. The van der Waals surface area contributed by atoms with E-state index in [1.807, 2.05) is 18.2 Å². The molecule has 1 aliphatic rings. The Kier molecular flexibility index (Phi) is 5.68. The van der Waals surface area contributed by atoms with E-state index in [0.29, 0.717) is 6.54 Å². The Hall–Kier alpha value is -3.09. The lowest BCUT2D eigenvalue weighted by molar-refractivity contribution is 0.0697. The zero-order valence-corrected chi connectivity index (χ0v) is 14.4. The number of carboxylic acids is 1. The topological polar surface area (TPSA) is 94.6 Å². The van der Waals surface area contributed by atoms with Crippen molar-refractivity contribution in [3.05, 3.63) is 59.8 Å². The van der Waals surface area contributed by atoms with E-state index < -0.39 is 5.97 Å². The fourth-order valence-electron chi connectivity index (χ4n) is 2.98. The molecule has 0 unspecified atom stereocenters. The van der Waals surface area contributed by atoms with E-state index in [4.69, 9.17) is 5.11 Å². The number of pyridine rings is 1. The SMILES string of the molecule is O=C(NCc1ccc(C(=O)O)cc1)NC1CCN(c2ccccn2)CC1. The van der Waals surface area contributed by atoms with Gasteiger partial charge in [0.2, 0.25) is 0 Å². The second-order valence-corrected chi connectivity index (χ2v) is 6.28. The van der Waals surface area contributed by atoms with E-state index in [1.165, 1.54) is 12.1 Å². The van der Waals surface area contributed by atoms with Gasteiger partial charge in [-0.15, -0.1) is 0 Å². The van der Waals surface area contributed by atoms with Gasteiger partial charge in [-0.05, 0) is 42.7 Å². The molecule has 2 heterocycles. The minimum atomic E-state index is -0.959. The van der Waals surface area contributed by atoms with Crippen LogP contribution in [0.2, 0.25) is 0 Å². The van der Waals surface area contributed by atoms with Crippen molar-refractivity contribution < 1.29 is 14.7 Å². The van der Waals surface area contributed by atoms with Crippen molar-refractivity contribution in [1.82, 2.24) is 15.6 Å². The number of carbonyl (C=O) groups excluding carboxylic acids is 1. The standard InChI is InChI=1S/C19H22N4O3/c24-18(25)15-6-4-14(5-7-15)13-21-19(26)22-16-8-11-23(12-9-16)17-3-1-2-10-20-17/h1-7,10,16H,8-9,11-13H2,(H,24,25)(H2,21,22,26). The number of rotatable bonds is 5. The molecule has 3 rings (SSSR count). The lowest BCUT2D eigenvalue weighted by atomic mass is 10.1. The van der Waals surface area contributed by atoms with Gasteiger partial charge in [0.25, 0.3) is 0 Å². The van der Waals surface area contributed by atoms with E-state index in [-0.39, 0.29) is 17.6 Å². The number of carboxylic acid groups (broad SMARTS) is 1. The van der Waals surface area contributed by atoms with Crippen LogP contribution in [0.4, 0.5) is 10.6 Å². The summed E-state index contributed by atoms with van der Waals surface area (Å²) in [5.74, 6) is 0.0134. The molecular weight excluding hydrogens is 332 g/mol. The first-order chi connectivity index (χ1) is 12.6. The molecule has 1 fully saturated rings. The van der Waals surface area contributed by atoms with Gasteiger partial charge >= 0.3 is 12.0 Å². The third kappa shape index (κ3) is 4.72. The molecule has 3 N–H and O–H groups in total. The average molecular weight is 354 g/mol. The molecule has 26 heavy (non-hydrogen) atoms. The maximum Gasteiger partial charge on any atom is 0.335 e. The Morgan fingerprint density at radius 3 is 2.46 bits per heavy atom. The Bertz CT molecular complexity index is 741. The van der Waals surface area contributed by atoms with Crippen LogP contribution in [0.25, 0.3) is 0 Å². The van der Waals surface area contributed by atoms with Crippen LogP contribution in [-0.4, -0.2) is 41.2 Å². The normalized spacial score (nSPS) is 14.7. The number of benzene rings is 1. The van der Waals surface area contributed by atoms with Gasteiger partial charge in [-0.2, -0.15) is 0 Å². The molecule has 1 aliphatic heterocycles. The smallest absolute Gasteiger partial charge is 0.335 e. The summed E-state index contributed by atoms with van der Waals surface area (Å²) in [4.78, 5) is 29.5. The Morgan fingerprint density at radius 1 is 1.12 bits per heavy atom. The largest absolute Gasteiger partial charge is 0.478 e. The predicted molar refractivity (Wildman–Crippen MR) is 98.2 cm³/mol. The van der Waals surface area contributed by atoms with Crippen molar-refractivity contribution in [3.63, 3.8) is 0 Å². The summed E-state index contributed by atoms with van der Waals surface area (Å²) in [5, 5.41) is 14.7.